The summed E-state index contributed by atoms with van der Waals surface area (Å²) in [5, 5.41) is 2.96. The highest BCUT2D eigenvalue weighted by Gasteiger charge is 2.19. The molecule has 0 aliphatic rings. The number of aromatic nitrogens is 2. The normalized spacial score (nSPS) is 12.5. The smallest absolute Gasteiger partial charge is 0.270 e. The maximum Gasteiger partial charge on any atom is 0.270 e. The fraction of sp³-hybridized carbons (Fsp3) is 0.294. The van der Waals surface area contributed by atoms with Crippen LogP contribution < -0.4 is 5.32 Å². The Kier molecular flexibility index (Phi) is 4.45. The molecule has 3 aromatic heterocycles. The van der Waals surface area contributed by atoms with E-state index >= 15 is 0 Å². The summed E-state index contributed by atoms with van der Waals surface area (Å²) in [5.41, 5.74) is 2.06. The summed E-state index contributed by atoms with van der Waals surface area (Å²) in [6.45, 7) is 4.33. The zero-order valence-electron chi connectivity index (χ0n) is 13.4. The number of pyridine rings is 1. The SMILES string of the molecule is CO[C@H](CNC(=O)c1c(C)nc2ccccn12)c1ccc(C)s1. The molecule has 3 aromatic rings. The van der Waals surface area contributed by atoms with Gasteiger partial charge in [0, 0.05) is 29.6 Å². The molecule has 0 aliphatic heterocycles. The van der Waals surface area contributed by atoms with Gasteiger partial charge >= 0.3 is 0 Å². The number of aryl methyl sites for hydroxylation is 2. The highest BCUT2D eigenvalue weighted by atomic mass is 32.1. The van der Waals surface area contributed by atoms with Gasteiger partial charge in [-0.25, -0.2) is 4.98 Å². The lowest BCUT2D eigenvalue weighted by Crippen LogP contribution is -2.30. The summed E-state index contributed by atoms with van der Waals surface area (Å²) in [4.78, 5) is 19.3. The molecule has 0 bridgehead atoms. The summed E-state index contributed by atoms with van der Waals surface area (Å²) in [7, 11) is 1.66. The predicted octanol–water partition coefficient (Wildman–Crippen LogP) is 3.13. The first-order valence-corrected chi connectivity index (χ1v) is 8.23. The molecule has 0 spiro atoms. The highest BCUT2D eigenvalue weighted by molar-refractivity contribution is 7.12. The van der Waals surface area contributed by atoms with E-state index in [1.807, 2.05) is 41.8 Å². The minimum absolute atomic E-state index is 0.142. The lowest BCUT2D eigenvalue weighted by molar-refractivity contribution is 0.0832. The number of methoxy groups -OCH3 is 1. The number of hydrogen-bond acceptors (Lipinski definition) is 4. The van der Waals surface area contributed by atoms with E-state index in [1.165, 1.54) is 4.88 Å². The van der Waals surface area contributed by atoms with E-state index in [0.717, 1.165) is 16.2 Å². The average Bonchev–Trinajstić information content (AvgIpc) is 3.10. The molecule has 0 saturated heterocycles. The highest BCUT2D eigenvalue weighted by Crippen LogP contribution is 2.24. The van der Waals surface area contributed by atoms with Gasteiger partial charge in [-0.3, -0.25) is 9.20 Å². The Morgan fingerprint density at radius 1 is 1.35 bits per heavy atom. The monoisotopic (exact) mass is 329 g/mol. The Balaban J connectivity index is 1.77. The van der Waals surface area contributed by atoms with Gasteiger partial charge < -0.3 is 10.1 Å². The number of nitrogens with one attached hydrogen (secondary N) is 1. The molecule has 120 valence electrons. The first kappa shape index (κ1) is 15.7. The number of imidazole rings is 1. The minimum Gasteiger partial charge on any atom is -0.374 e. The molecule has 0 aliphatic carbocycles. The van der Waals surface area contributed by atoms with Crippen molar-refractivity contribution in [2.75, 3.05) is 13.7 Å². The van der Waals surface area contributed by atoms with Gasteiger partial charge in [0.05, 0.1) is 5.69 Å². The molecule has 0 unspecified atom stereocenters. The van der Waals surface area contributed by atoms with Gasteiger partial charge in [0.15, 0.2) is 0 Å². The average molecular weight is 329 g/mol. The topological polar surface area (TPSA) is 55.6 Å². The van der Waals surface area contributed by atoms with Crippen molar-refractivity contribution >= 4 is 22.9 Å². The van der Waals surface area contributed by atoms with Crippen LogP contribution in [0.4, 0.5) is 0 Å². The van der Waals surface area contributed by atoms with Gasteiger partial charge in [-0.1, -0.05) is 6.07 Å². The number of amides is 1. The lowest BCUT2D eigenvalue weighted by atomic mass is 10.2. The molecule has 23 heavy (non-hydrogen) atoms. The fourth-order valence-electron chi connectivity index (χ4n) is 2.58. The van der Waals surface area contributed by atoms with Crippen molar-refractivity contribution in [2.45, 2.75) is 20.0 Å². The molecule has 1 amide bonds. The number of rotatable bonds is 5. The van der Waals surface area contributed by atoms with Crippen molar-refractivity contribution in [3.8, 4) is 0 Å². The van der Waals surface area contributed by atoms with Crippen LogP contribution in [0.3, 0.4) is 0 Å². The largest absolute Gasteiger partial charge is 0.374 e. The summed E-state index contributed by atoms with van der Waals surface area (Å²) in [6.07, 6.45) is 1.71. The first-order chi connectivity index (χ1) is 11.1. The molecule has 3 heterocycles. The number of hydrogen-bond donors (Lipinski definition) is 1. The van der Waals surface area contributed by atoms with E-state index in [2.05, 4.69) is 23.3 Å². The molecule has 0 saturated carbocycles. The maximum absolute atomic E-state index is 12.6. The van der Waals surface area contributed by atoms with Crippen LogP contribution in [-0.4, -0.2) is 28.9 Å². The van der Waals surface area contributed by atoms with Gasteiger partial charge in [-0.05, 0) is 38.1 Å². The van der Waals surface area contributed by atoms with Crippen molar-refractivity contribution in [1.29, 1.82) is 0 Å². The van der Waals surface area contributed by atoms with Gasteiger partial charge in [-0.15, -0.1) is 11.3 Å². The number of carbonyl (C=O) groups excluding carboxylic acids is 1. The van der Waals surface area contributed by atoms with Crippen molar-refractivity contribution in [2.24, 2.45) is 0 Å². The van der Waals surface area contributed by atoms with E-state index < -0.39 is 0 Å². The Morgan fingerprint density at radius 2 is 2.17 bits per heavy atom. The van der Waals surface area contributed by atoms with Crippen LogP contribution in [0, 0.1) is 13.8 Å². The zero-order chi connectivity index (χ0) is 16.4. The first-order valence-electron chi connectivity index (χ1n) is 7.41. The number of thiophene rings is 1. The van der Waals surface area contributed by atoms with Gasteiger partial charge in [0.1, 0.15) is 17.4 Å². The predicted molar refractivity (Wildman–Crippen MR) is 91.1 cm³/mol. The minimum atomic E-state index is -0.142. The van der Waals surface area contributed by atoms with Crippen molar-refractivity contribution in [3.05, 3.63) is 57.7 Å². The Bertz CT molecular complexity index is 837. The quantitative estimate of drug-likeness (QED) is 0.782. The van der Waals surface area contributed by atoms with E-state index in [9.17, 15) is 4.79 Å². The van der Waals surface area contributed by atoms with Crippen LogP contribution in [-0.2, 0) is 4.74 Å². The molecule has 1 N–H and O–H groups in total. The Labute approximate surface area is 138 Å². The second-order valence-corrected chi connectivity index (χ2v) is 6.68. The van der Waals surface area contributed by atoms with Crippen LogP contribution in [0.25, 0.3) is 5.65 Å². The van der Waals surface area contributed by atoms with Crippen molar-refractivity contribution in [3.63, 3.8) is 0 Å². The molecular formula is C17H19N3O2S. The second-order valence-electron chi connectivity index (χ2n) is 5.36. The number of nitrogens with zero attached hydrogens (tertiary/aromatic N) is 2. The fourth-order valence-corrected chi connectivity index (χ4v) is 3.54. The van der Waals surface area contributed by atoms with Gasteiger partial charge in [0.2, 0.25) is 0 Å². The number of carbonyl (C=O) groups is 1. The zero-order valence-corrected chi connectivity index (χ0v) is 14.2. The van der Waals surface area contributed by atoms with Crippen LogP contribution in [0.15, 0.2) is 36.5 Å². The van der Waals surface area contributed by atoms with Crippen LogP contribution in [0.2, 0.25) is 0 Å². The molecule has 1 atom stereocenters. The van der Waals surface area contributed by atoms with E-state index in [-0.39, 0.29) is 12.0 Å². The second kappa shape index (κ2) is 6.52. The summed E-state index contributed by atoms with van der Waals surface area (Å²) < 4.78 is 7.32. The molecule has 0 radical (unpaired) electrons. The van der Waals surface area contributed by atoms with Crippen LogP contribution >= 0.6 is 11.3 Å². The molecule has 3 rings (SSSR count). The Morgan fingerprint density at radius 3 is 2.87 bits per heavy atom. The summed E-state index contributed by atoms with van der Waals surface area (Å²) in [6, 6.07) is 9.78. The maximum atomic E-state index is 12.6. The number of fused-ring (bicyclic) bond motifs is 1. The Hall–Kier alpha value is -2.18. The lowest BCUT2D eigenvalue weighted by Gasteiger charge is -2.14. The van der Waals surface area contributed by atoms with Crippen LogP contribution in [0.5, 0.6) is 0 Å². The number of ether oxygens (including phenoxy) is 1. The molecule has 5 nitrogen and oxygen atoms in total. The third kappa shape index (κ3) is 3.13. The van der Waals surface area contributed by atoms with Crippen molar-refractivity contribution < 1.29 is 9.53 Å². The van der Waals surface area contributed by atoms with Crippen molar-refractivity contribution in [1.82, 2.24) is 14.7 Å². The van der Waals surface area contributed by atoms with E-state index in [0.29, 0.717) is 12.2 Å². The third-order valence-electron chi connectivity index (χ3n) is 3.73. The van der Waals surface area contributed by atoms with Gasteiger partial charge in [0.25, 0.3) is 5.91 Å². The summed E-state index contributed by atoms with van der Waals surface area (Å²) in [5.74, 6) is -0.142. The van der Waals surface area contributed by atoms with E-state index in [1.54, 1.807) is 18.4 Å². The standard InChI is InChI=1S/C17H19N3O2S/c1-11-7-8-14(23-11)13(22-3)10-18-17(21)16-12(2)19-15-6-4-5-9-20(15)16/h4-9,13H,10H2,1-3H3,(H,18,21)/t13-/m1/s1. The molecular weight excluding hydrogens is 310 g/mol. The van der Waals surface area contributed by atoms with Crippen LogP contribution in [0.1, 0.15) is 32.0 Å². The van der Waals surface area contributed by atoms with E-state index in [4.69, 9.17) is 4.74 Å². The molecule has 6 heteroatoms. The molecule has 0 fully saturated rings. The third-order valence-corrected chi connectivity index (χ3v) is 4.82. The summed E-state index contributed by atoms with van der Waals surface area (Å²) >= 11 is 1.68. The molecule has 0 aromatic carbocycles. The van der Waals surface area contributed by atoms with Gasteiger partial charge in [-0.2, -0.15) is 0 Å².